The number of aromatic nitrogens is 1. The molecule has 2 aromatic rings. The van der Waals surface area contributed by atoms with E-state index in [1.165, 1.54) is 0 Å². The molecule has 2 heteroatoms. The van der Waals surface area contributed by atoms with E-state index in [9.17, 15) is 0 Å². The fourth-order valence-corrected chi connectivity index (χ4v) is 0.647. The molecule has 0 amide bonds. The maximum absolute atomic E-state index is 4.58. The van der Waals surface area contributed by atoms with Crippen molar-refractivity contribution in [1.29, 1.82) is 0 Å². The summed E-state index contributed by atoms with van der Waals surface area (Å²) in [5.74, 6) is 1.67. The van der Waals surface area contributed by atoms with Gasteiger partial charge in [0.1, 0.15) is 0 Å². The molecule has 2 aromatic heterocycles. The molecule has 2 rings (SSSR count). The molecule has 0 spiro atoms. The highest BCUT2D eigenvalue weighted by molar-refractivity contribution is 4.88. The van der Waals surface area contributed by atoms with E-state index in [1.54, 1.807) is 12.5 Å². The summed E-state index contributed by atoms with van der Waals surface area (Å²) in [7, 11) is 2.00. The number of furan rings is 1. The lowest BCUT2D eigenvalue weighted by Crippen LogP contribution is -1.75. The van der Waals surface area contributed by atoms with E-state index >= 15 is 0 Å². The highest BCUT2D eigenvalue weighted by Crippen LogP contribution is 1.82. The molecule has 0 aliphatic carbocycles. The topological polar surface area (TPSA) is 18.1 Å². The standard InChI is InChI=1S/C5H7N.C4H4O.2C4H10/c1-6-4-2-3-5-6;1-2-4-5-3-1;2*1-4(2)3/h2-5H,1H3;1-4H;2*4H,1-3H3. The van der Waals surface area contributed by atoms with Gasteiger partial charge in [0.25, 0.3) is 0 Å². The fraction of sp³-hybridized carbons (Fsp3) is 0.529. The first-order valence-electron chi connectivity index (χ1n) is 6.90. The lowest BCUT2D eigenvalue weighted by molar-refractivity contribution is 0.567. The minimum atomic E-state index is 0.833. The summed E-state index contributed by atoms with van der Waals surface area (Å²) in [6, 6.07) is 7.67. The van der Waals surface area contributed by atoms with E-state index in [-0.39, 0.29) is 0 Å². The van der Waals surface area contributed by atoms with Crippen LogP contribution in [0.3, 0.4) is 0 Å². The molecule has 0 fully saturated rings. The second kappa shape index (κ2) is 14.6. The zero-order chi connectivity index (χ0) is 15.1. The lowest BCUT2D eigenvalue weighted by atomic mass is 10.3. The van der Waals surface area contributed by atoms with Crippen LogP contribution in [0.2, 0.25) is 0 Å². The molecular weight excluding hydrogens is 234 g/mol. The Labute approximate surface area is 119 Å². The third-order valence-electron chi connectivity index (χ3n) is 1.18. The van der Waals surface area contributed by atoms with Crippen LogP contribution >= 0.6 is 0 Å². The van der Waals surface area contributed by atoms with Crippen LogP contribution in [0.4, 0.5) is 0 Å². The van der Waals surface area contributed by atoms with Crippen molar-refractivity contribution in [3.63, 3.8) is 0 Å². The number of hydrogen-bond acceptors (Lipinski definition) is 1. The van der Waals surface area contributed by atoms with Gasteiger partial charge in [-0.15, -0.1) is 0 Å². The van der Waals surface area contributed by atoms with Crippen molar-refractivity contribution in [2.45, 2.75) is 41.5 Å². The number of rotatable bonds is 0. The van der Waals surface area contributed by atoms with E-state index in [0.29, 0.717) is 0 Å². The molecule has 0 N–H and O–H groups in total. The summed E-state index contributed by atoms with van der Waals surface area (Å²) in [4.78, 5) is 0. The predicted octanol–water partition coefficient (Wildman–Crippen LogP) is 5.63. The summed E-state index contributed by atoms with van der Waals surface area (Å²) in [5.41, 5.74) is 0. The average molecular weight is 265 g/mol. The van der Waals surface area contributed by atoms with Gasteiger partial charge in [-0.05, 0) is 36.1 Å². The minimum Gasteiger partial charge on any atom is -0.473 e. The monoisotopic (exact) mass is 265 g/mol. The Morgan fingerprint density at radius 2 is 1.00 bits per heavy atom. The van der Waals surface area contributed by atoms with Crippen molar-refractivity contribution in [3.05, 3.63) is 49.2 Å². The van der Waals surface area contributed by atoms with Crippen molar-refractivity contribution in [2.24, 2.45) is 18.9 Å². The second-order valence-electron chi connectivity index (χ2n) is 5.61. The van der Waals surface area contributed by atoms with Gasteiger partial charge in [-0.25, -0.2) is 0 Å². The van der Waals surface area contributed by atoms with Crippen LogP contribution in [0.5, 0.6) is 0 Å². The van der Waals surface area contributed by atoms with Crippen LogP contribution in [0.1, 0.15) is 41.5 Å². The van der Waals surface area contributed by atoms with E-state index in [1.807, 2.05) is 48.3 Å². The Morgan fingerprint density at radius 1 is 0.684 bits per heavy atom. The SMILES string of the molecule is CC(C)C.CC(C)C.Cn1cccc1.c1ccoc1. The van der Waals surface area contributed by atoms with Gasteiger partial charge in [-0.2, -0.15) is 0 Å². The fourth-order valence-electron chi connectivity index (χ4n) is 0.647. The molecule has 0 aliphatic rings. The quantitative estimate of drug-likeness (QED) is 0.603. The van der Waals surface area contributed by atoms with Gasteiger partial charge in [-0.1, -0.05) is 41.5 Å². The Kier molecular flexibility index (Phi) is 15.3. The summed E-state index contributed by atoms with van der Waals surface area (Å²) in [6.07, 6.45) is 7.25. The normalized spacial score (nSPS) is 8.68. The Morgan fingerprint density at radius 3 is 1.11 bits per heavy atom. The molecule has 0 radical (unpaired) electrons. The van der Waals surface area contributed by atoms with Gasteiger partial charge in [0.05, 0.1) is 12.5 Å². The van der Waals surface area contributed by atoms with Gasteiger partial charge < -0.3 is 8.98 Å². The van der Waals surface area contributed by atoms with Gasteiger partial charge in [0.2, 0.25) is 0 Å². The van der Waals surface area contributed by atoms with Crippen LogP contribution in [0.15, 0.2) is 53.6 Å². The smallest absolute Gasteiger partial charge is 0.0902 e. The van der Waals surface area contributed by atoms with Crippen LogP contribution in [-0.2, 0) is 7.05 Å². The first-order chi connectivity index (χ1) is 8.86. The number of nitrogens with zero attached hydrogens (tertiary/aromatic N) is 1. The van der Waals surface area contributed by atoms with Gasteiger partial charge in [0.15, 0.2) is 0 Å². The molecule has 2 heterocycles. The molecule has 0 aliphatic heterocycles. The van der Waals surface area contributed by atoms with Crippen molar-refractivity contribution in [3.8, 4) is 0 Å². The third-order valence-corrected chi connectivity index (χ3v) is 1.18. The zero-order valence-electron chi connectivity index (χ0n) is 13.6. The second-order valence-corrected chi connectivity index (χ2v) is 5.61. The predicted molar refractivity (Wildman–Crippen MR) is 85.1 cm³/mol. The maximum atomic E-state index is 4.58. The van der Waals surface area contributed by atoms with Crippen LogP contribution < -0.4 is 0 Å². The van der Waals surface area contributed by atoms with E-state index in [4.69, 9.17) is 0 Å². The summed E-state index contributed by atoms with van der Waals surface area (Å²) in [6.45, 7) is 13.0. The maximum Gasteiger partial charge on any atom is 0.0902 e. The number of hydrogen-bond donors (Lipinski definition) is 0. The molecule has 0 saturated heterocycles. The van der Waals surface area contributed by atoms with E-state index < -0.39 is 0 Å². The first kappa shape index (κ1) is 19.9. The van der Waals surface area contributed by atoms with Gasteiger partial charge in [-0.3, -0.25) is 0 Å². The minimum absolute atomic E-state index is 0.833. The first-order valence-corrected chi connectivity index (χ1v) is 6.90. The molecular formula is C17H31NO. The van der Waals surface area contributed by atoms with E-state index in [2.05, 4.69) is 46.0 Å². The van der Waals surface area contributed by atoms with Crippen molar-refractivity contribution in [1.82, 2.24) is 4.57 Å². The molecule has 0 unspecified atom stereocenters. The van der Waals surface area contributed by atoms with Crippen LogP contribution in [-0.4, -0.2) is 4.57 Å². The molecule has 2 nitrogen and oxygen atoms in total. The number of aryl methyl sites for hydroxylation is 1. The molecule has 0 saturated carbocycles. The Hall–Kier alpha value is -1.44. The summed E-state index contributed by atoms with van der Waals surface area (Å²) in [5, 5.41) is 0. The van der Waals surface area contributed by atoms with Gasteiger partial charge >= 0.3 is 0 Å². The third kappa shape index (κ3) is 31.5. The molecule has 19 heavy (non-hydrogen) atoms. The van der Waals surface area contributed by atoms with Crippen LogP contribution in [0, 0.1) is 11.8 Å². The molecule has 110 valence electrons. The molecule has 0 aromatic carbocycles. The Balaban J connectivity index is 0. The highest BCUT2D eigenvalue weighted by atomic mass is 16.3. The van der Waals surface area contributed by atoms with Crippen LogP contribution in [0.25, 0.3) is 0 Å². The Bertz CT molecular complexity index is 291. The van der Waals surface area contributed by atoms with Crippen molar-refractivity contribution in [2.75, 3.05) is 0 Å². The molecule has 0 atom stereocenters. The summed E-state index contributed by atoms with van der Waals surface area (Å²) < 4.78 is 6.58. The summed E-state index contributed by atoms with van der Waals surface area (Å²) >= 11 is 0. The average Bonchev–Trinajstić information content (AvgIpc) is 2.89. The largest absolute Gasteiger partial charge is 0.473 e. The lowest BCUT2D eigenvalue weighted by Gasteiger charge is -1.79. The van der Waals surface area contributed by atoms with Crippen molar-refractivity contribution >= 4 is 0 Å². The highest BCUT2D eigenvalue weighted by Gasteiger charge is 1.69. The van der Waals surface area contributed by atoms with E-state index in [0.717, 1.165) is 11.8 Å². The zero-order valence-corrected chi connectivity index (χ0v) is 13.6. The van der Waals surface area contributed by atoms with Gasteiger partial charge in [0, 0.05) is 19.4 Å². The molecule has 0 bridgehead atoms. The van der Waals surface area contributed by atoms with Crippen molar-refractivity contribution < 1.29 is 4.42 Å².